The normalized spacial score (nSPS) is 16.3. The summed E-state index contributed by atoms with van der Waals surface area (Å²) in [5.41, 5.74) is 5.91. The zero-order valence-corrected chi connectivity index (χ0v) is 15.8. The van der Waals surface area contributed by atoms with Gasteiger partial charge in [-0.2, -0.15) is 4.31 Å². The average Bonchev–Trinajstić information content (AvgIpc) is 2.64. The number of piperidine rings is 1. The molecule has 7 nitrogen and oxygen atoms in total. The Kier molecular flexibility index (Phi) is 5.76. The zero-order chi connectivity index (χ0) is 19.4. The minimum atomic E-state index is -3.71. The van der Waals surface area contributed by atoms with Crippen LogP contribution in [0.25, 0.3) is 0 Å². The van der Waals surface area contributed by atoms with E-state index in [9.17, 15) is 18.0 Å². The molecule has 1 aliphatic heterocycles. The lowest BCUT2D eigenvalue weighted by Gasteiger charge is -2.31. The van der Waals surface area contributed by atoms with E-state index in [2.05, 4.69) is 12.1 Å². The third-order valence-electron chi connectivity index (χ3n) is 4.86. The number of amides is 1. The van der Waals surface area contributed by atoms with Crippen molar-refractivity contribution in [2.45, 2.75) is 30.7 Å². The van der Waals surface area contributed by atoms with E-state index in [4.69, 9.17) is 5.73 Å². The largest absolute Gasteiger partial charge is 0.368 e. The van der Waals surface area contributed by atoms with E-state index in [1.807, 2.05) is 18.2 Å². The van der Waals surface area contributed by atoms with Crippen LogP contribution in [-0.4, -0.2) is 36.3 Å². The van der Waals surface area contributed by atoms with Gasteiger partial charge in [-0.05, 0) is 36.8 Å². The Morgan fingerprint density at radius 2 is 1.74 bits per heavy atom. The number of hydrogen-bond donors (Lipinski definition) is 1. The number of pyridine rings is 1. The highest BCUT2D eigenvalue weighted by atomic mass is 32.2. The van der Waals surface area contributed by atoms with Gasteiger partial charge < -0.3 is 10.3 Å². The summed E-state index contributed by atoms with van der Waals surface area (Å²) in [5.74, 6) is -0.254. The third-order valence-corrected chi connectivity index (χ3v) is 6.74. The monoisotopic (exact) mass is 389 g/mol. The molecule has 27 heavy (non-hydrogen) atoms. The molecule has 144 valence electrons. The number of carbonyl (C=O) groups is 1. The first kappa shape index (κ1) is 19.3. The molecule has 0 unspecified atom stereocenters. The lowest BCUT2D eigenvalue weighted by molar-refractivity contribution is -0.118. The molecular weight excluding hydrogens is 366 g/mol. The van der Waals surface area contributed by atoms with Gasteiger partial charge in [0.1, 0.15) is 6.54 Å². The summed E-state index contributed by atoms with van der Waals surface area (Å²) in [4.78, 5) is 22.9. The molecule has 0 spiro atoms. The van der Waals surface area contributed by atoms with Gasteiger partial charge in [-0.15, -0.1) is 0 Å². The van der Waals surface area contributed by atoms with Crippen molar-refractivity contribution in [2.24, 2.45) is 11.7 Å². The lowest BCUT2D eigenvalue weighted by Crippen LogP contribution is -2.39. The van der Waals surface area contributed by atoms with Crippen LogP contribution in [-0.2, 0) is 27.8 Å². The highest BCUT2D eigenvalue weighted by Crippen LogP contribution is 2.25. The molecule has 3 rings (SSSR count). The second-order valence-corrected chi connectivity index (χ2v) is 8.77. The summed E-state index contributed by atoms with van der Waals surface area (Å²) < 4.78 is 28.3. The Balaban J connectivity index is 1.70. The summed E-state index contributed by atoms with van der Waals surface area (Å²) in [6.07, 6.45) is 3.71. The molecule has 0 bridgehead atoms. The van der Waals surface area contributed by atoms with E-state index in [0.717, 1.165) is 29.9 Å². The van der Waals surface area contributed by atoms with Crippen LogP contribution in [0.3, 0.4) is 0 Å². The topological polar surface area (TPSA) is 102 Å². The second-order valence-electron chi connectivity index (χ2n) is 6.83. The fourth-order valence-corrected chi connectivity index (χ4v) is 4.89. The van der Waals surface area contributed by atoms with Crippen LogP contribution in [0.2, 0.25) is 0 Å². The average molecular weight is 389 g/mol. The highest BCUT2D eigenvalue weighted by Gasteiger charge is 2.29. The minimum absolute atomic E-state index is 0.00450. The van der Waals surface area contributed by atoms with Crippen LogP contribution >= 0.6 is 0 Å². The van der Waals surface area contributed by atoms with Crippen LogP contribution in [0.1, 0.15) is 18.4 Å². The second kappa shape index (κ2) is 8.06. The Morgan fingerprint density at radius 3 is 2.37 bits per heavy atom. The maximum absolute atomic E-state index is 12.9. The van der Waals surface area contributed by atoms with Crippen LogP contribution < -0.4 is 11.3 Å². The summed E-state index contributed by atoms with van der Waals surface area (Å²) in [6.45, 7) is 0.533. The van der Waals surface area contributed by atoms with Crippen molar-refractivity contribution in [3.8, 4) is 0 Å². The summed E-state index contributed by atoms with van der Waals surface area (Å²) in [7, 11) is -3.71. The molecule has 2 N–H and O–H groups in total. The molecule has 1 amide bonds. The van der Waals surface area contributed by atoms with Gasteiger partial charge in [0.25, 0.3) is 5.56 Å². The predicted molar refractivity (Wildman–Crippen MR) is 102 cm³/mol. The predicted octanol–water partition coefficient (Wildman–Crippen LogP) is 0.977. The van der Waals surface area contributed by atoms with Crippen LogP contribution in [0.5, 0.6) is 0 Å². The van der Waals surface area contributed by atoms with Gasteiger partial charge in [-0.3, -0.25) is 9.59 Å². The number of nitrogens with zero attached hydrogens (tertiary/aromatic N) is 2. The van der Waals surface area contributed by atoms with Crippen molar-refractivity contribution < 1.29 is 13.2 Å². The molecule has 1 saturated heterocycles. The van der Waals surface area contributed by atoms with Gasteiger partial charge in [-0.1, -0.05) is 30.3 Å². The van der Waals surface area contributed by atoms with E-state index in [1.165, 1.54) is 22.1 Å². The Morgan fingerprint density at radius 1 is 1.07 bits per heavy atom. The number of primary amides is 1. The maximum atomic E-state index is 12.9. The Bertz CT molecular complexity index is 962. The first-order valence-corrected chi connectivity index (χ1v) is 10.3. The SMILES string of the molecule is NC(=O)Cn1cc(S(=O)(=O)N2CCC(Cc3ccccc3)CC2)ccc1=O. The van der Waals surface area contributed by atoms with E-state index in [0.29, 0.717) is 19.0 Å². The molecule has 1 aromatic heterocycles. The number of benzene rings is 1. The molecule has 2 aromatic rings. The third kappa shape index (κ3) is 4.64. The number of aromatic nitrogens is 1. The van der Waals surface area contributed by atoms with Gasteiger partial charge in [0.05, 0.1) is 4.90 Å². The number of carbonyl (C=O) groups excluding carboxylic acids is 1. The van der Waals surface area contributed by atoms with Crippen LogP contribution in [0, 0.1) is 5.92 Å². The van der Waals surface area contributed by atoms with Crippen molar-refractivity contribution in [3.63, 3.8) is 0 Å². The zero-order valence-electron chi connectivity index (χ0n) is 15.0. The van der Waals surface area contributed by atoms with Crippen molar-refractivity contribution in [2.75, 3.05) is 13.1 Å². The quantitative estimate of drug-likeness (QED) is 0.795. The molecule has 0 radical (unpaired) electrons. The number of nitrogens with two attached hydrogens (primary N) is 1. The lowest BCUT2D eigenvalue weighted by atomic mass is 9.91. The van der Waals surface area contributed by atoms with Crippen molar-refractivity contribution in [1.29, 1.82) is 0 Å². The van der Waals surface area contributed by atoms with E-state index in [-0.39, 0.29) is 11.4 Å². The summed E-state index contributed by atoms with van der Waals surface area (Å²) in [6, 6.07) is 12.6. The Hall–Kier alpha value is -2.45. The summed E-state index contributed by atoms with van der Waals surface area (Å²) in [5, 5.41) is 0. The molecule has 0 saturated carbocycles. The van der Waals surface area contributed by atoms with Crippen LogP contribution in [0.15, 0.2) is 58.4 Å². The van der Waals surface area contributed by atoms with Gasteiger partial charge in [0, 0.05) is 25.4 Å². The van der Waals surface area contributed by atoms with Gasteiger partial charge >= 0.3 is 0 Å². The van der Waals surface area contributed by atoms with Crippen molar-refractivity contribution in [3.05, 3.63) is 64.6 Å². The van der Waals surface area contributed by atoms with Gasteiger partial charge in [-0.25, -0.2) is 8.42 Å². The number of hydrogen-bond acceptors (Lipinski definition) is 4. The van der Waals surface area contributed by atoms with Crippen LogP contribution in [0.4, 0.5) is 0 Å². The van der Waals surface area contributed by atoms with Gasteiger partial charge in [0.15, 0.2) is 0 Å². The molecular formula is C19H23N3O4S. The fraction of sp³-hybridized carbons (Fsp3) is 0.368. The molecule has 1 fully saturated rings. The van der Waals surface area contributed by atoms with Crippen molar-refractivity contribution >= 4 is 15.9 Å². The molecule has 0 atom stereocenters. The molecule has 1 aromatic carbocycles. The first-order chi connectivity index (χ1) is 12.9. The Labute approximate surface area is 158 Å². The summed E-state index contributed by atoms with van der Waals surface area (Å²) >= 11 is 0. The van der Waals surface area contributed by atoms with Crippen molar-refractivity contribution in [1.82, 2.24) is 8.87 Å². The standard InChI is InChI=1S/C19H23N3O4S/c20-18(23)14-21-13-17(6-7-19(21)24)27(25,26)22-10-8-16(9-11-22)12-15-4-2-1-3-5-15/h1-7,13,16H,8-12,14H2,(H2,20,23). The molecule has 1 aliphatic rings. The minimum Gasteiger partial charge on any atom is -0.368 e. The maximum Gasteiger partial charge on any atom is 0.251 e. The highest BCUT2D eigenvalue weighted by molar-refractivity contribution is 7.89. The first-order valence-electron chi connectivity index (χ1n) is 8.89. The molecule has 0 aliphatic carbocycles. The van der Waals surface area contributed by atoms with E-state index in [1.54, 1.807) is 0 Å². The smallest absolute Gasteiger partial charge is 0.251 e. The molecule has 2 heterocycles. The number of sulfonamides is 1. The van der Waals surface area contributed by atoms with E-state index < -0.39 is 21.5 Å². The molecule has 8 heteroatoms. The fourth-order valence-electron chi connectivity index (χ4n) is 3.40. The van der Waals surface area contributed by atoms with Gasteiger partial charge in [0.2, 0.25) is 15.9 Å². The number of rotatable bonds is 6. The van der Waals surface area contributed by atoms with E-state index >= 15 is 0 Å².